The highest BCUT2D eigenvalue weighted by atomic mass is 16.6. The van der Waals surface area contributed by atoms with Gasteiger partial charge >= 0.3 is 6.01 Å². The number of fused-ring (bicyclic) bond motifs is 3. The molecule has 0 radical (unpaired) electrons. The van der Waals surface area contributed by atoms with Gasteiger partial charge in [-0.3, -0.25) is 9.36 Å². The largest absolute Gasteiger partial charge is 0.453 e. The summed E-state index contributed by atoms with van der Waals surface area (Å²) in [4.78, 5) is 15.6. The molecule has 4 aromatic rings. The molecule has 6 rings (SSSR count). The van der Waals surface area contributed by atoms with Crippen LogP contribution in [0.5, 0.6) is 6.01 Å². The Morgan fingerprint density at radius 3 is 1.88 bits per heavy atom. The number of aromatic nitrogens is 2. The molecule has 0 bridgehead atoms. The summed E-state index contributed by atoms with van der Waals surface area (Å²) in [5, 5.41) is 11.3. The van der Waals surface area contributed by atoms with Gasteiger partial charge in [0.15, 0.2) is 12.3 Å². The minimum atomic E-state index is -0.891. The summed E-state index contributed by atoms with van der Waals surface area (Å²) < 4.78 is 14.0. The first-order valence-electron chi connectivity index (χ1n) is 11.4. The Morgan fingerprint density at radius 1 is 0.824 bits per heavy atom. The Kier molecular flexibility index (Phi) is 5.05. The van der Waals surface area contributed by atoms with Crippen molar-refractivity contribution in [2.45, 2.75) is 36.4 Å². The second-order valence-corrected chi connectivity index (χ2v) is 8.80. The first-order chi connectivity index (χ1) is 16.7. The predicted octanol–water partition coefficient (Wildman–Crippen LogP) is 3.69. The molecule has 0 saturated carbocycles. The third-order valence-corrected chi connectivity index (χ3v) is 6.94. The van der Waals surface area contributed by atoms with Crippen molar-refractivity contribution in [3.63, 3.8) is 0 Å². The molecule has 170 valence electrons. The number of aliphatic hydroxyl groups excluding tert-OH is 1. The van der Waals surface area contributed by atoms with E-state index in [9.17, 15) is 9.90 Å². The first-order valence-corrected chi connectivity index (χ1v) is 11.4. The van der Waals surface area contributed by atoms with Gasteiger partial charge in [0.2, 0.25) is 0 Å². The second-order valence-electron chi connectivity index (χ2n) is 8.80. The highest BCUT2D eigenvalue weighted by Gasteiger charge is 2.53. The van der Waals surface area contributed by atoms with Gasteiger partial charge in [-0.1, -0.05) is 91.0 Å². The van der Waals surface area contributed by atoms with Crippen LogP contribution < -0.4 is 10.3 Å². The maximum Gasteiger partial charge on any atom is 0.302 e. The third-order valence-electron chi connectivity index (χ3n) is 6.94. The number of rotatable bonds is 5. The molecule has 1 N–H and O–H groups in total. The molecule has 0 unspecified atom stereocenters. The van der Waals surface area contributed by atoms with Gasteiger partial charge in [-0.25, -0.2) is 0 Å². The van der Waals surface area contributed by atoms with E-state index < -0.39 is 30.0 Å². The van der Waals surface area contributed by atoms with Gasteiger partial charge in [-0.15, -0.1) is 0 Å². The number of aliphatic hydroxyl groups is 1. The SMILES string of the molecule is O=c1ccn2c(n1)O[C@H]1[C@H](O)[C@@H](CC(c3ccccc3)(c3ccccc3)c3ccccc3)O[C@@H]12. The molecule has 3 aromatic carbocycles. The van der Waals surface area contributed by atoms with Crippen LogP contribution in [0.1, 0.15) is 29.3 Å². The van der Waals surface area contributed by atoms with Gasteiger partial charge in [-0.2, -0.15) is 4.98 Å². The molecule has 34 heavy (non-hydrogen) atoms. The normalized spacial score (nSPS) is 23.2. The van der Waals surface area contributed by atoms with Crippen LogP contribution in [0.25, 0.3) is 0 Å². The Labute approximate surface area is 197 Å². The van der Waals surface area contributed by atoms with Crippen molar-refractivity contribution in [1.82, 2.24) is 9.55 Å². The van der Waals surface area contributed by atoms with Crippen LogP contribution in [0.4, 0.5) is 0 Å². The van der Waals surface area contributed by atoms with E-state index in [1.165, 1.54) is 6.07 Å². The summed E-state index contributed by atoms with van der Waals surface area (Å²) in [6.07, 6.45) is -0.447. The van der Waals surface area contributed by atoms with E-state index in [4.69, 9.17) is 9.47 Å². The molecule has 1 aromatic heterocycles. The minimum Gasteiger partial charge on any atom is -0.453 e. The van der Waals surface area contributed by atoms with Crippen LogP contribution in [0, 0.1) is 0 Å². The zero-order valence-electron chi connectivity index (χ0n) is 18.4. The fourth-order valence-electron chi connectivity index (χ4n) is 5.36. The quantitative estimate of drug-likeness (QED) is 0.468. The molecule has 1 saturated heterocycles. The Morgan fingerprint density at radius 2 is 1.35 bits per heavy atom. The molecule has 3 heterocycles. The van der Waals surface area contributed by atoms with Crippen LogP contribution >= 0.6 is 0 Å². The summed E-state index contributed by atoms with van der Waals surface area (Å²) in [6, 6.07) is 32.6. The Bertz CT molecular complexity index is 1240. The maximum absolute atomic E-state index is 11.6. The van der Waals surface area contributed by atoms with E-state index in [1.54, 1.807) is 10.8 Å². The lowest BCUT2D eigenvalue weighted by molar-refractivity contribution is -0.0271. The van der Waals surface area contributed by atoms with Crippen LogP contribution in [0.15, 0.2) is 108 Å². The van der Waals surface area contributed by atoms with E-state index >= 15 is 0 Å². The average Bonchev–Trinajstić information content (AvgIpc) is 3.39. The van der Waals surface area contributed by atoms with E-state index in [-0.39, 0.29) is 11.6 Å². The third kappa shape index (κ3) is 3.26. The lowest BCUT2D eigenvalue weighted by Gasteiger charge is -2.38. The van der Waals surface area contributed by atoms with Gasteiger partial charge in [0.1, 0.15) is 6.10 Å². The standard InChI is InChI=1S/C28H24N2O4/c31-23-16-17-30-26-25(34-27(30)29-23)24(32)22(33-26)18-28(19-10-4-1-5-11-19,20-12-6-2-7-13-20)21-14-8-3-9-15-21/h1-17,22,24-26,32H,18H2/t22-,24-,25+,26+/m1/s1. The molecular weight excluding hydrogens is 428 g/mol. The van der Waals surface area contributed by atoms with Crippen molar-refractivity contribution in [2.24, 2.45) is 0 Å². The number of benzene rings is 3. The van der Waals surface area contributed by atoms with Crippen molar-refractivity contribution in [1.29, 1.82) is 0 Å². The van der Waals surface area contributed by atoms with Crippen molar-refractivity contribution in [2.75, 3.05) is 0 Å². The zero-order valence-corrected chi connectivity index (χ0v) is 18.4. The van der Waals surface area contributed by atoms with Gasteiger partial charge in [0.25, 0.3) is 5.56 Å². The Hall–Kier alpha value is -3.74. The molecule has 6 nitrogen and oxygen atoms in total. The lowest BCUT2D eigenvalue weighted by Crippen LogP contribution is -2.40. The van der Waals surface area contributed by atoms with E-state index in [2.05, 4.69) is 41.4 Å². The van der Waals surface area contributed by atoms with Gasteiger partial charge in [0, 0.05) is 17.7 Å². The highest BCUT2D eigenvalue weighted by molar-refractivity contribution is 5.50. The predicted molar refractivity (Wildman–Crippen MR) is 127 cm³/mol. The molecule has 2 aliphatic heterocycles. The lowest BCUT2D eigenvalue weighted by atomic mass is 9.66. The summed E-state index contributed by atoms with van der Waals surface area (Å²) >= 11 is 0. The summed E-state index contributed by atoms with van der Waals surface area (Å²) in [7, 11) is 0. The zero-order chi connectivity index (χ0) is 23.1. The molecule has 1 fully saturated rings. The van der Waals surface area contributed by atoms with Crippen molar-refractivity contribution < 1.29 is 14.6 Å². The highest BCUT2D eigenvalue weighted by Crippen LogP contribution is 2.48. The number of hydrogen-bond acceptors (Lipinski definition) is 5. The fourth-order valence-corrected chi connectivity index (χ4v) is 5.36. The van der Waals surface area contributed by atoms with Crippen LogP contribution in [-0.4, -0.2) is 33.0 Å². The topological polar surface area (TPSA) is 73.6 Å². The molecule has 6 heteroatoms. The molecule has 0 spiro atoms. The molecule has 4 atom stereocenters. The van der Waals surface area contributed by atoms with Gasteiger partial charge in [0.05, 0.1) is 6.10 Å². The summed E-state index contributed by atoms with van der Waals surface area (Å²) in [6.45, 7) is 0. The van der Waals surface area contributed by atoms with Crippen molar-refractivity contribution in [3.05, 3.63) is 130 Å². The Balaban J connectivity index is 1.46. The first kappa shape index (κ1) is 20.8. The number of hydrogen-bond donors (Lipinski definition) is 1. The monoisotopic (exact) mass is 452 g/mol. The summed E-state index contributed by atoms with van der Waals surface area (Å²) in [5.74, 6) is 0. The van der Waals surface area contributed by atoms with Crippen LogP contribution in [-0.2, 0) is 10.2 Å². The smallest absolute Gasteiger partial charge is 0.302 e. The molecule has 0 amide bonds. The van der Waals surface area contributed by atoms with Gasteiger partial charge in [-0.05, 0) is 23.1 Å². The molecule has 2 aliphatic rings. The minimum absolute atomic E-state index is 0.181. The average molecular weight is 453 g/mol. The van der Waals surface area contributed by atoms with E-state index in [1.807, 2.05) is 54.6 Å². The van der Waals surface area contributed by atoms with Crippen LogP contribution in [0.2, 0.25) is 0 Å². The number of ether oxygens (including phenoxy) is 2. The van der Waals surface area contributed by atoms with E-state index in [0.29, 0.717) is 6.42 Å². The van der Waals surface area contributed by atoms with Crippen LogP contribution in [0.3, 0.4) is 0 Å². The molecular formula is C28H24N2O4. The second kappa shape index (κ2) is 8.24. The molecule has 0 aliphatic carbocycles. The maximum atomic E-state index is 11.6. The van der Waals surface area contributed by atoms with E-state index in [0.717, 1.165) is 16.7 Å². The summed E-state index contributed by atoms with van der Waals surface area (Å²) in [5.41, 5.74) is 2.41. The fraction of sp³-hybridized carbons (Fsp3) is 0.214. The number of nitrogens with zero attached hydrogens (tertiary/aromatic N) is 2. The van der Waals surface area contributed by atoms with Crippen molar-refractivity contribution in [3.8, 4) is 6.01 Å². The van der Waals surface area contributed by atoms with Gasteiger partial charge < -0.3 is 14.6 Å². The van der Waals surface area contributed by atoms with Crippen molar-refractivity contribution >= 4 is 0 Å².